The number of aliphatic carboxylic acids is 1. The molecule has 0 fully saturated rings. The second-order valence-corrected chi connectivity index (χ2v) is 4.84. The molecule has 4 nitrogen and oxygen atoms in total. The van der Waals surface area contributed by atoms with E-state index in [1.165, 1.54) is 12.1 Å². The van der Waals surface area contributed by atoms with Gasteiger partial charge in [-0.05, 0) is 30.5 Å². The fraction of sp³-hybridized carbons (Fsp3) is 0.333. The van der Waals surface area contributed by atoms with Gasteiger partial charge in [0.2, 0.25) is 5.91 Å². The lowest BCUT2D eigenvalue weighted by Gasteiger charge is -2.24. The van der Waals surface area contributed by atoms with E-state index in [1.54, 1.807) is 18.2 Å². The average molecular weight is 277 g/mol. The number of carbonyl (C=O) groups excluding carboxylic acids is 1. The highest BCUT2D eigenvalue weighted by atomic mass is 19.1. The van der Waals surface area contributed by atoms with Crippen LogP contribution in [0.15, 0.2) is 36.4 Å². The summed E-state index contributed by atoms with van der Waals surface area (Å²) < 4.78 is 12.8. The van der Waals surface area contributed by atoms with Gasteiger partial charge in [-0.25, -0.2) is 4.39 Å². The number of halogens is 1. The topological polar surface area (TPSA) is 66.4 Å². The predicted octanol–water partition coefficient (Wildman–Crippen LogP) is 2.11. The minimum absolute atomic E-state index is 0.270. The summed E-state index contributed by atoms with van der Waals surface area (Å²) in [6.45, 7) is 0.270. The summed E-state index contributed by atoms with van der Waals surface area (Å²) >= 11 is 0. The van der Waals surface area contributed by atoms with Crippen molar-refractivity contribution in [3.05, 3.63) is 47.8 Å². The Morgan fingerprint density at radius 3 is 2.35 bits per heavy atom. The molecule has 1 aromatic carbocycles. The second kappa shape index (κ2) is 6.32. The van der Waals surface area contributed by atoms with Crippen molar-refractivity contribution >= 4 is 11.9 Å². The van der Waals surface area contributed by atoms with E-state index in [0.29, 0.717) is 12.8 Å². The van der Waals surface area contributed by atoms with E-state index in [0.717, 1.165) is 5.56 Å². The third-order valence-corrected chi connectivity index (χ3v) is 3.47. The van der Waals surface area contributed by atoms with Crippen LogP contribution in [0.3, 0.4) is 0 Å². The van der Waals surface area contributed by atoms with Gasteiger partial charge in [-0.3, -0.25) is 9.59 Å². The number of nitrogens with one attached hydrogen (secondary N) is 1. The molecule has 1 aromatic rings. The Labute approximate surface area is 116 Å². The monoisotopic (exact) mass is 277 g/mol. The van der Waals surface area contributed by atoms with E-state index < -0.39 is 17.8 Å². The highest BCUT2D eigenvalue weighted by molar-refractivity contribution is 5.85. The van der Waals surface area contributed by atoms with Crippen molar-refractivity contribution in [3.63, 3.8) is 0 Å². The maximum Gasteiger partial charge on any atom is 0.307 e. The van der Waals surface area contributed by atoms with Crippen molar-refractivity contribution in [2.75, 3.05) is 0 Å². The molecule has 0 heterocycles. The Hall–Kier alpha value is -2.17. The Morgan fingerprint density at radius 1 is 1.15 bits per heavy atom. The van der Waals surface area contributed by atoms with Crippen LogP contribution in [-0.2, 0) is 16.1 Å². The molecule has 1 aliphatic carbocycles. The lowest BCUT2D eigenvalue weighted by atomic mass is 9.82. The molecule has 0 saturated carbocycles. The quantitative estimate of drug-likeness (QED) is 0.828. The van der Waals surface area contributed by atoms with Crippen LogP contribution in [0, 0.1) is 17.7 Å². The van der Waals surface area contributed by atoms with Crippen molar-refractivity contribution in [2.45, 2.75) is 19.4 Å². The number of rotatable bonds is 4. The summed E-state index contributed by atoms with van der Waals surface area (Å²) in [5.41, 5.74) is 0.776. The van der Waals surface area contributed by atoms with Gasteiger partial charge in [-0.1, -0.05) is 24.3 Å². The first-order valence-electron chi connectivity index (χ1n) is 6.48. The van der Waals surface area contributed by atoms with Crippen LogP contribution in [0.1, 0.15) is 18.4 Å². The van der Waals surface area contributed by atoms with Crippen LogP contribution >= 0.6 is 0 Å². The van der Waals surface area contributed by atoms with Crippen molar-refractivity contribution in [2.24, 2.45) is 11.8 Å². The molecule has 1 amide bonds. The summed E-state index contributed by atoms with van der Waals surface area (Å²) in [6, 6.07) is 5.83. The normalized spacial score (nSPS) is 21.4. The van der Waals surface area contributed by atoms with Crippen molar-refractivity contribution in [1.82, 2.24) is 5.32 Å². The molecule has 106 valence electrons. The maximum absolute atomic E-state index is 12.8. The lowest BCUT2D eigenvalue weighted by Crippen LogP contribution is -2.38. The van der Waals surface area contributed by atoms with E-state index >= 15 is 0 Å². The molecule has 0 spiro atoms. The second-order valence-electron chi connectivity index (χ2n) is 4.84. The molecular formula is C15H16FNO3. The number of allylic oxidation sites excluding steroid dienone is 2. The Kier molecular flexibility index (Phi) is 4.50. The predicted molar refractivity (Wildman–Crippen MR) is 71.2 cm³/mol. The molecule has 2 atom stereocenters. The third kappa shape index (κ3) is 3.44. The molecule has 0 aliphatic heterocycles. The smallest absolute Gasteiger partial charge is 0.307 e. The minimum atomic E-state index is -0.948. The Bertz CT molecular complexity index is 524. The van der Waals surface area contributed by atoms with Gasteiger partial charge in [0.25, 0.3) is 0 Å². The van der Waals surface area contributed by atoms with E-state index in [4.69, 9.17) is 5.11 Å². The summed E-state index contributed by atoms with van der Waals surface area (Å²) in [5.74, 6) is -2.77. The minimum Gasteiger partial charge on any atom is -0.481 e. The lowest BCUT2D eigenvalue weighted by molar-refractivity contribution is -0.147. The third-order valence-electron chi connectivity index (χ3n) is 3.47. The van der Waals surface area contributed by atoms with Crippen molar-refractivity contribution in [1.29, 1.82) is 0 Å². The zero-order valence-electron chi connectivity index (χ0n) is 10.9. The largest absolute Gasteiger partial charge is 0.481 e. The summed E-state index contributed by atoms with van der Waals surface area (Å²) in [4.78, 5) is 23.2. The maximum atomic E-state index is 12.8. The molecule has 0 unspecified atom stereocenters. The molecular weight excluding hydrogens is 261 g/mol. The molecule has 0 bridgehead atoms. The standard InChI is InChI=1S/C15H16FNO3/c16-11-7-5-10(6-8-11)9-17-14(18)12-3-1-2-4-13(12)15(19)20/h1-2,5-8,12-13H,3-4,9H2,(H,17,18)(H,19,20)/t12-,13+/m0/s1. The first-order chi connectivity index (χ1) is 9.58. The highest BCUT2D eigenvalue weighted by Crippen LogP contribution is 2.26. The number of carboxylic acids is 1. The van der Waals surface area contributed by atoms with Crippen LogP contribution < -0.4 is 5.32 Å². The van der Waals surface area contributed by atoms with Crippen LogP contribution in [0.25, 0.3) is 0 Å². The Balaban J connectivity index is 1.95. The molecule has 20 heavy (non-hydrogen) atoms. The van der Waals surface area contributed by atoms with Gasteiger partial charge in [0.15, 0.2) is 0 Å². The molecule has 1 aliphatic rings. The first kappa shape index (κ1) is 14.2. The van der Waals surface area contributed by atoms with E-state index in [-0.39, 0.29) is 18.3 Å². The number of hydrogen-bond acceptors (Lipinski definition) is 2. The van der Waals surface area contributed by atoms with Gasteiger partial charge in [0.1, 0.15) is 5.82 Å². The van der Waals surface area contributed by atoms with Crippen LogP contribution in [0.5, 0.6) is 0 Å². The number of carbonyl (C=O) groups is 2. The van der Waals surface area contributed by atoms with Gasteiger partial charge in [0, 0.05) is 6.54 Å². The van der Waals surface area contributed by atoms with Gasteiger partial charge < -0.3 is 10.4 Å². The number of carboxylic acid groups (broad SMARTS) is 1. The van der Waals surface area contributed by atoms with E-state index in [9.17, 15) is 14.0 Å². The molecule has 2 rings (SSSR count). The number of benzene rings is 1. The molecule has 0 saturated heterocycles. The Morgan fingerprint density at radius 2 is 1.75 bits per heavy atom. The van der Waals surface area contributed by atoms with Gasteiger partial charge in [-0.15, -0.1) is 0 Å². The van der Waals surface area contributed by atoms with Gasteiger partial charge in [-0.2, -0.15) is 0 Å². The number of hydrogen-bond donors (Lipinski definition) is 2. The van der Waals surface area contributed by atoms with E-state index in [2.05, 4.69) is 5.32 Å². The van der Waals surface area contributed by atoms with Crippen molar-refractivity contribution < 1.29 is 19.1 Å². The summed E-state index contributed by atoms with van der Waals surface area (Å²) in [6.07, 6.45) is 4.44. The zero-order chi connectivity index (χ0) is 14.5. The fourth-order valence-electron chi connectivity index (χ4n) is 2.30. The summed E-state index contributed by atoms with van der Waals surface area (Å²) in [5, 5.41) is 11.8. The fourth-order valence-corrected chi connectivity index (χ4v) is 2.30. The molecule has 2 N–H and O–H groups in total. The van der Waals surface area contributed by atoms with Crippen LogP contribution in [0.2, 0.25) is 0 Å². The first-order valence-corrected chi connectivity index (χ1v) is 6.48. The molecule has 0 radical (unpaired) electrons. The number of amides is 1. The van der Waals surface area contributed by atoms with Crippen molar-refractivity contribution in [3.8, 4) is 0 Å². The van der Waals surface area contributed by atoms with Crippen LogP contribution in [-0.4, -0.2) is 17.0 Å². The molecule has 0 aromatic heterocycles. The van der Waals surface area contributed by atoms with Gasteiger partial charge >= 0.3 is 5.97 Å². The zero-order valence-corrected chi connectivity index (χ0v) is 10.9. The van der Waals surface area contributed by atoms with Gasteiger partial charge in [0.05, 0.1) is 11.8 Å². The highest BCUT2D eigenvalue weighted by Gasteiger charge is 2.33. The average Bonchev–Trinajstić information content (AvgIpc) is 2.46. The summed E-state index contributed by atoms with van der Waals surface area (Å²) in [7, 11) is 0. The SMILES string of the molecule is O=C(NCc1ccc(F)cc1)[C@H]1CC=CC[C@H]1C(=O)O. The molecule has 5 heteroatoms. The van der Waals surface area contributed by atoms with E-state index in [1.807, 2.05) is 6.08 Å². The van der Waals surface area contributed by atoms with Crippen LogP contribution in [0.4, 0.5) is 4.39 Å².